The number of hydrogen-bond donors (Lipinski definition) is 4. The number of rotatable bonds is 10. The molecule has 2 fully saturated rings. The number of nitrogens with zero attached hydrogens (tertiary/aromatic N) is 2. The topological polar surface area (TPSA) is 157 Å². The summed E-state index contributed by atoms with van der Waals surface area (Å²) in [5.74, 6) is -2.61. The molecule has 12 nitrogen and oxygen atoms in total. The first-order valence-corrected chi connectivity index (χ1v) is 21.6. The van der Waals surface area contributed by atoms with Crippen molar-refractivity contribution in [2.24, 2.45) is 11.8 Å². The largest absolute Gasteiger partial charge is 0.306 e. The summed E-state index contributed by atoms with van der Waals surface area (Å²) >= 11 is 0. The Morgan fingerprint density at radius 3 is 1.18 bits per heavy atom. The number of nitrogens with one attached hydrogen (secondary N) is 4. The molecule has 4 aliphatic heterocycles. The Morgan fingerprint density at radius 2 is 0.867 bits per heavy atom. The Morgan fingerprint density at radius 1 is 0.533 bits per heavy atom. The first-order chi connectivity index (χ1) is 28.2. The molecule has 0 saturated carbocycles. The molecule has 60 heavy (non-hydrogen) atoms. The summed E-state index contributed by atoms with van der Waals surface area (Å²) in [5.41, 5.74) is 1.51. The van der Waals surface area contributed by atoms with Gasteiger partial charge in [0.25, 0.3) is 35.4 Å². The predicted octanol–water partition coefficient (Wildman–Crippen LogP) is 7.42. The molecule has 0 bridgehead atoms. The zero-order valence-corrected chi connectivity index (χ0v) is 36.7. The van der Waals surface area contributed by atoms with Gasteiger partial charge in [0.1, 0.15) is 0 Å². The van der Waals surface area contributed by atoms with E-state index in [0.29, 0.717) is 35.3 Å². The molecule has 0 aliphatic carbocycles. The highest BCUT2D eigenvalue weighted by Crippen LogP contribution is 2.44. The van der Waals surface area contributed by atoms with Crippen molar-refractivity contribution in [3.8, 4) is 0 Å². The van der Waals surface area contributed by atoms with E-state index in [2.05, 4.69) is 90.5 Å². The summed E-state index contributed by atoms with van der Waals surface area (Å²) in [6, 6.07) is 16.4. The first kappa shape index (κ1) is 42.9. The van der Waals surface area contributed by atoms with Gasteiger partial charge in [-0.15, -0.1) is 0 Å². The van der Waals surface area contributed by atoms with Crippen molar-refractivity contribution in [2.75, 3.05) is 9.80 Å². The van der Waals surface area contributed by atoms with E-state index in [1.807, 2.05) is 34.1 Å². The number of anilines is 2. The summed E-state index contributed by atoms with van der Waals surface area (Å²) in [7, 11) is 0. The number of imide groups is 2. The molecule has 6 amide bonds. The van der Waals surface area contributed by atoms with E-state index in [0.717, 1.165) is 25.7 Å². The van der Waals surface area contributed by atoms with Gasteiger partial charge in [0, 0.05) is 56.7 Å². The van der Waals surface area contributed by atoms with Crippen molar-refractivity contribution < 1.29 is 28.8 Å². The zero-order valence-electron chi connectivity index (χ0n) is 36.7. The maximum absolute atomic E-state index is 15.1. The third-order valence-corrected chi connectivity index (χ3v) is 15.2. The minimum Gasteiger partial charge on any atom is -0.306 e. The van der Waals surface area contributed by atoms with E-state index >= 15 is 9.59 Å². The third kappa shape index (κ3) is 7.15. The van der Waals surface area contributed by atoms with Crippen molar-refractivity contribution in [3.63, 3.8) is 0 Å². The van der Waals surface area contributed by atoms with Crippen LogP contribution in [0.15, 0.2) is 60.7 Å². The number of benzene rings is 3. The van der Waals surface area contributed by atoms with Crippen LogP contribution < -0.4 is 31.1 Å². The lowest BCUT2D eigenvalue weighted by molar-refractivity contribution is 0.0628. The number of carbonyl (C=O) groups is 6. The molecule has 3 aromatic carbocycles. The number of hydrogen-bond acceptors (Lipinski definition) is 8. The molecule has 2 saturated heterocycles. The molecular weight excluding hydrogens is 757 g/mol. The van der Waals surface area contributed by atoms with Crippen molar-refractivity contribution in [2.45, 2.75) is 142 Å². The average Bonchev–Trinajstić information content (AvgIpc) is 3.69. The Labute approximate surface area is 353 Å². The molecule has 7 rings (SSSR count). The van der Waals surface area contributed by atoms with Crippen LogP contribution in [-0.2, 0) is 0 Å². The van der Waals surface area contributed by atoms with Crippen molar-refractivity contribution >= 4 is 46.8 Å². The smallest absolute Gasteiger partial charge is 0.258 e. The van der Waals surface area contributed by atoms with Gasteiger partial charge in [-0.25, -0.2) is 0 Å². The number of amides is 6. The predicted molar refractivity (Wildman–Crippen MR) is 233 cm³/mol. The van der Waals surface area contributed by atoms with Crippen molar-refractivity contribution in [1.29, 1.82) is 0 Å². The second-order valence-electron chi connectivity index (χ2n) is 18.7. The van der Waals surface area contributed by atoms with Gasteiger partial charge in [0.15, 0.2) is 0 Å². The average molecular weight is 817 g/mol. The maximum Gasteiger partial charge on any atom is 0.258 e. The van der Waals surface area contributed by atoms with Gasteiger partial charge in [-0.1, -0.05) is 41.5 Å². The van der Waals surface area contributed by atoms with Crippen LogP contribution in [0, 0.1) is 11.8 Å². The molecule has 0 spiro atoms. The Balaban J connectivity index is 1.36. The van der Waals surface area contributed by atoms with Crippen LogP contribution in [0.1, 0.15) is 170 Å². The highest BCUT2D eigenvalue weighted by atomic mass is 16.2. The highest BCUT2D eigenvalue weighted by molar-refractivity contribution is 6.23. The molecule has 4 N–H and O–H groups in total. The van der Waals surface area contributed by atoms with Crippen molar-refractivity contribution in [1.82, 2.24) is 21.3 Å². The lowest BCUT2D eigenvalue weighted by atomic mass is 9.68. The van der Waals surface area contributed by atoms with Crippen molar-refractivity contribution in [3.05, 3.63) is 94.0 Å². The Bertz CT molecular complexity index is 2130. The molecule has 8 unspecified atom stereocenters. The highest BCUT2D eigenvalue weighted by Gasteiger charge is 2.51. The van der Waals surface area contributed by atoms with Gasteiger partial charge in [0.2, 0.25) is 0 Å². The van der Waals surface area contributed by atoms with E-state index in [9.17, 15) is 19.2 Å². The van der Waals surface area contributed by atoms with Gasteiger partial charge in [-0.2, -0.15) is 0 Å². The van der Waals surface area contributed by atoms with E-state index in [-0.39, 0.29) is 80.1 Å². The molecule has 4 heterocycles. The second kappa shape index (κ2) is 15.4. The van der Waals surface area contributed by atoms with Gasteiger partial charge in [-0.3, -0.25) is 39.4 Å². The fourth-order valence-corrected chi connectivity index (χ4v) is 10.3. The third-order valence-electron chi connectivity index (χ3n) is 15.2. The van der Waals surface area contributed by atoms with Crippen LogP contribution in [0.4, 0.5) is 11.4 Å². The fraction of sp³-hybridized carbons (Fsp3) is 0.500. The Hall–Kier alpha value is -5.20. The standard InChI is InChI=1S/C48H60N6O6/c1-11-45(7)25-37(27(5)47(9,13-3)51-45)53(43(59)29-15-21-33-35(23-29)41(57)49-39(33)55)31-17-19-32(20-18-31)54(38-26-46(8,12-2)52-48(10,14-4)28(38)6)44(60)30-16-22-34-36(24-30)42(58)50-40(34)56/h15-24,27-28,37-38,51-52H,11-14,25-26H2,1-10H3,(H,49,55,57)(H,50,56,58). The van der Waals surface area contributed by atoms with Crippen LogP contribution in [0.5, 0.6) is 0 Å². The van der Waals surface area contributed by atoms with Gasteiger partial charge < -0.3 is 20.4 Å². The SMILES string of the molecule is CCC1(C)CC(N(C(=O)c2ccc3c(c2)C(=O)NC3=O)c2ccc(N(C(=O)c3ccc4c(c3)C(=O)NC4=O)C3CC(C)(CC)NC(C)(CC)C3C)cc2)C(C)C(C)(CC)N1. The lowest BCUT2D eigenvalue weighted by Gasteiger charge is -2.56. The van der Waals surface area contributed by atoms with Crippen LogP contribution in [0.3, 0.4) is 0 Å². The molecule has 0 aromatic heterocycles. The van der Waals surface area contributed by atoms with Gasteiger partial charge in [0.05, 0.1) is 22.3 Å². The van der Waals surface area contributed by atoms with E-state index < -0.39 is 23.6 Å². The van der Waals surface area contributed by atoms with Crippen LogP contribution >= 0.6 is 0 Å². The van der Waals surface area contributed by atoms with Gasteiger partial charge >= 0.3 is 0 Å². The zero-order chi connectivity index (χ0) is 43.7. The molecular formula is C48H60N6O6. The number of carbonyl (C=O) groups excluding carboxylic acids is 6. The van der Waals surface area contributed by atoms with E-state index in [4.69, 9.17) is 0 Å². The summed E-state index contributed by atoms with van der Waals surface area (Å²) < 4.78 is 0. The fourth-order valence-electron chi connectivity index (χ4n) is 10.3. The second-order valence-corrected chi connectivity index (χ2v) is 18.7. The lowest BCUT2D eigenvalue weighted by Crippen LogP contribution is -2.69. The summed E-state index contributed by atoms with van der Waals surface area (Å²) in [6.07, 6.45) is 4.67. The maximum atomic E-state index is 15.1. The molecule has 8 atom stereocenters. The molecule has 318 valence electrons. The quantitative estimate of drug-likeness (QED) is 0.154. The first-order valence-electron chi connectivity index (χ1n) is 21.6. The normalized spacial score (nSPS) is 31.0. The molecule has 0 radical (unpaired) electrons. The number of fused-ring (bicyclic) bond motifs is 2. The minimum atomic E-state index is -0.529. The van der Waals surface area contributed by atoms with Gasteiger partial charge in [-0.05, 0) is 139 Å². The monoisotopic (exact) mass is 816 g/mol. The molecule has 3 aromatic rings. The van der Waals surface area contributed by atoms with Crippen LogP contribution in [0.2, 0.25) is 0 Å². The van der Waals surface area contributed by atoms with E-state index in [1.54, 1.807) is 24.3 Å². The summed E-state index contributed by atoms with van der Waals surface area (Å²) in [4.78, 5) is 84.4. The van der Waals surface area contributed by atoms with Crippen LogP contribution in [-0.4, -0.2) is 69.7 Å². The molecule has 12 heteroatoms. The minimum absolute atomic E-state index is 0.000975. The number of piperidine rings is 2. The molecule has 4 aliphatic rings. The summed E-state index contributed by atoms with van der Waals surface area (Å²) in [5, 5.41) is 12.5. The Kier molecular flexibility index (Phi) is 11.0. The van der Waals surface area contributed by atoms with E-state index in [1.165, 1.54) is 12.1 Å². The van der Waals surface area contributed by atoms with Crippen LogP contribution in [0.25, 0.3) is 0 Å². The summed E-state index contributed by atoms with van der Waals surface area (Å²) in [6.45, 7) is 21.8.